The Morgan fingerprint density at radius 3 is 2.60 bits per heavy atom. The molecule has 10 heteroatoms. The number of pyridine rings is 1. The quantitative estimate of drug-likeness (QED) is 0.622. The molecule has 1 aromatic carbocycles. The fourth-order valence-corrected chi connectivity index (χ4v) is 3.03. The molecule has 2 N–H and O–H groups in total. The van der Waals surface area contributed by atoms with Gasteiger partial charge in [-0.1, -0.05) is 23.2 Å². The van der Waals surface area contributed by atoms with Crippen LogP contribution in [0.2, 0.25) is 10.2 Å². The van der Waals surface area contributed by atoms with Gasteiger partial charge in [0.1, 0.15) is 5.69 Å². The van der Waals surface area contributed by atoms with E-state index < -0.39 is 11.8 Å². The normalized spacial score (nSPS) is 10.5. The van der Waals surface area contributed by atoms with E-state index in [-0.39, 0.29) is 44.5 Å². The SMILES string of the molecule is CC(C)NC(=O)c1cc(C#N)ccc1NC(=O)c1cc(Cl)nn1-c1ncccc1Cl. The van der Waals surface area contributed by atoms with E-state index >= 15 is 0 Å². The average Bonchev–Trinajstić information content (AvgIpc) is 3.09. The number of rotatable bonds is 5. The Kier molecular flexibility index (Phi) is 6.35. The number of hydrogen-bond donors (Lipinski definition) is 2. The molecule has 152 valence electrons. The van der Waals surface area contributed by atoms with Gasteiger partial charge in [0.15, 0.2) is 11.0 Å². The van der Waals surface area contributed by atoms with Crippen molar-refractivity contribution in [2.75, 3.05) is 5.32 Å². The zero-order valence-corrected chi connectivity index (χ0v) is 17.5. The zero-order valence-electron chi connectivity index (χ0n) is 16.0. The van der Waals surface area contributed by atoms with Gasteiger partial charge in [-0.05, 0) is 44.2 Å². The number of hydrogen-bond acceptors (Lipinski definition) is 5. The molecule has 0 radical (unpaired) electrons. The molecule has 2 aromatic heterocycles. The van der Waals surface area contributed by atoms with Crippen LogP contribution in [-0.4, -0.2) is 32.6 Å². The molecule has 30 heavy (non-hydrogen) atoms. The number of carbonyl (C=O) groups is 2. The summed E-state index contributed by atoms with van der Waals surface area (Å²) in [5, 5.41) is 19.0. The van der Waals surface area contributed by atoms with E-state index in [2.05, 4.69) is 20.7 Å². The van der Waals surface area contributed by atoms with Gasteiger partial charge in [0, 0.05) is 18.3 Å². The third kappa shape index (κ3) is 4.59. The highest BCUT2D eigenvalue weighted by atomic mass is 35.5. The smallest absolute Gasteiger partial charge is 0.274 e. The third-order valence-electron chi connectivity index (χ3n) is 3.91. The number of benzene rings is 1. The number of nitriles is 1. The van der Waals surface area contributed by atoms with E-state index in [9.17, 15) is 9.59 Å². The van der Waals surface area contributed by atoms with E-state index in [1.54, 1.807) is 26.0 Å². The van der Waals surface area contributed by atoms with Gasteiger partial charge in [-0.3, -0.25) is 9.59 Å². The van der Waals surface area contributed by atoms with Crippen LogP contribution in [0.15, 0.2) is 42.6 Å². The highest BCUT2D eigenvalue weighted by Gasteiger charge is 2.21. The molecule has 3 aromatic rings. The predicted octanol–water partition coefficient (Wildman–Crippen LogP) is 3.84. The van der Waals surface area contributed by atoms with Gasteiger partial charge in [0.05, 0.1) is 27.9 Å². The second-order valence-electron chi connectivity index (χ2n) is 6.53. The van der Waals surface area contributed by atoms with Crippen molar-refractivity contribution in [3.05, 3.63) is 69.6 Å². The summed E-state index contributed by atoms with van der Waals surface area (Å²) >= 11 is 12.2. The first-order chi connectivity index (χ1) is 14.3. The molecule has 0 aliphatic carbocycles. The van der Waals surface area contributed by atoms with Crippen molar-refractivity contribution in [1.29, 1.82) is 5.26 Å². The van der Waals surface area contributed by atoms with Gasteiger partial charge >= 0.3 is 0 Å². The summed E-state index contributed by atoms with van der Waals surface area (Å²) in [7, 11) is 0. The Morgan fingerprint density at radius 1 is 1.17 bits per heavy atom. The largest absolute Gasteiger partial charge is 0.350 e. The molecule has 2 heterocycles. The van der Waals surface area contributed by atoms with Crippen LogP contribution in [0, 0.1) is 11.3 Å². The molecule has 0 aliphatic rings. The molecule has 0 unspecified atom stereocenters. The van der Waals surface area contributed by atoms with Gasteiger partial charge in [0.25, 0.3) is 11.8 Å². The van der Waals surface area contributed by atoms with Crippen molar-refractivity contribution in [3.8, 4) is 11.9 Å². The van der Waals surface area contributed by atoms with E-state index in [0.29, 0.717) is 0 Å². The van der Waals surface area contributed by atoms with E-state index in [0.717, 1.165) is 0 Å². The molecule has 0 fully saturated rings. The highest BCUT2D eigenvalue weighted by Crippen LogP contribution is 2.23. The van der Waals surface area contributed by atoms with Crippen LogP contribution in [-0.2, 0) is 0 Å². The van der Waals surface area contributed by atoms with Crippen LogP contribution >= 0.6 is 23.2 Å². The third-order valence-corrected chi connectivity index (χ3v) is 4.39. The second kappa shape index (κ2) is 8.95. The number of halogens is 2. The first kappa shape index (κ1) is 21.3. The van der Waals surface area contributed by atoms with Crippen molar-refractivity contribution < 1.29 is 9.59 Å². The number of nitrogens with zero attached hydrogens (tertiary/aromatic N) is 4. The van der Waals surface area contributed by atoms with Crippen molar-refractivity contribution in [2.24, 2.45) is 0 Å². The summed E-state index contributed by atoms with van der Waals surface area (Å²) in [4.78, 5) is 29.7. The van der Waals surface area contributed by atoms with E-state index in [1.807, 2.05) is 6.07 Å². The molecule has 8 nitrogen and oxygen atoms in total. The molecule has 0 aliphatic heterocycles. The minimum atomic E-state index is -0.584. The monoisotopic (exact) mass is 442 g/mol. The van der Waals surface area contributed by atoms with Gasteiger partial charge < -0.3 is 10.6 Å². The standard InChI is InChI=1S/C20H16Cl2N6O2/c1-11(2)25-19(29)13-8-12(10-23)5-6-15(13)26-20(30)16-9-17(22)27-28(16)18-14(21)4-3-7-24-18/h3-9,11H,1-2H3,(H,25,29)(H,26,30). The fraction of sp³-hybridized carbons (Fsp3) is 0.150. The maximum atomic E-state index is 13.0. The van der Waals surface area contributed by atoms with Crippen LogP contribution in [0.25, 0.3) is 5.82 Å². The lowest BCUT2D eigenvalue weighted by molar-refractivity contribution is 0.0944. The Bertz CT molecular complexity index is 1170. The van der Waals surface area contributed by atoms with Gasteiger partial charge in [-0.25, -0.2) is 9.67 Å². The maximum Gasteiger partial charge on any atom is 0.274 e. The highest BCUT2D eigenvalue weighted by molar-refractivity contribution is 6.32. The molecule has 0 spiro atoms. The first-order valence-corrected chi connectivity index (χ1v) is 9.58. The Balaban J connectivity index is 1.99. The maximum absolute atomic E-state index is 13.0. The van der Waals surface area contributed by atoms with Gasteiger partial charge in [0.2, 0.25) is 0 Å². The van der Waals surface area contributed by atoms with Gasteiger partial charge in [-0.15, -0.1) is 0 Å². The van der Waals surface area contributed by atoms with Crippen LogP contribution in [0.1, 0.15) is 40.3 Å². The lowest BCUT2D eigenvalue weighted by atomic mass is 10.1. The number of carbonyl (C=O) groups excluding carboxylic acids is 2. The van der Waals surface area contributed by atoms with Crippen molar-refractivity contribution in [1.82, 2.24) is 20.1 Å². The number of anilines is 1. The molecule has 3 rings (SSSR count). The number of nitrogens with one attached hydrogen (secondary N) is 2. The van der Waals surface area contributed by atoms with Crippen LogP contribution in [0.4, 0.5) is 5.69 Å². The fourth-order valence-electron chi connectivity index (χ4n) is 2.65. The molecule has 0 saturated heterocycles. The summed E-state index contributed by atoms with van der Waals surface area (Å²) in [5.74, 6) is -0.773. The first-order valence-electron chi connectivity index (χ1n) is 8.83. The lowest BCUT2D eigenvalue weighted by Gasteiger charge is -2.14. The van der Waals surface area contributed by atoms with Crippen LogP contribution < -0.4 is 10.6 Å². The summed E-state index contributed by atoms with van der Waals surface area (Å²) in [6.07, 6.45) is 1.51. The van der Waals surface area contributed by atoms with Crippen LogP contribution in [0.5, 0.6) is 0 Å². The number of aromatic nitrogens is 3. The topological polar surface area (TPSA) is 113 Å². The van der Waals surface area contributed by atoms with E-state index in [4.69, 9.17) is 28.5 Å². The Labute approximate surface area is 182 Å². The molecule has 0 atom stereocenters. The Morgan fingerprint density at radius 2 is 1.93 bits per heavy atom. The summed E-state index contributed by atoms with van der Waals surface area (Å²) in [5.41, 5.74) is 0.743. The number of amides is 2. The molecular weight excluding hydrogens is 427 g/mol. The molecular formula is C20H16Cl2N6O2. The molecule has 0 saturated carbocycles. The van der Waals surface area contributed by atoms with Gasteiger partial charge in [-0.2, -0.15) is 10.4 Å². The van der Waals surface area contributed by atoms with E-state index in [1.165, 1.54) is 35.1 Å². The van der Waals surface area contributed by atoms with Crippen molar-refractivity contribution in [3.63, 3.8) is 0 Å². The lowest BCUT2D eigenvalue weighted by Crippen LogP contribution is -2.31. The molecule has 2 amide bonds. The summed E-state index contributed by atoms with van der Waals surface area (Å²) in [6, 6.07) is 10.9. The summed E-state index contributed by atoms with van der Waals surface area (Å²) < 4.78 is 1.22. The van der Waals surface area contributed by atoms with Crippen LogP contribution in [0.3, 0.4) is 0 Å². The second-order valence-corrected chi connectivity index (χ2v) is 7.32. The summed E-state index contributed by atoms with van der Waals surface area (Å²) in [6.45, 7) is 3.61. The molecule has 0 bridgehead atoms. The minimum Gasteiger partial charge on any atom is -0.350 e. The Hall–Kier alpha value is -3.41. The van der Waals surface area contributed by atoms with Crippen molar-refractivity contribution >= 4 is 40.7 Å². The zero-order chi connectivity index (χ0) is 21.8. The van der Waals surface area contributed by atoms with Crippen molar-refractivity contribution in [2.45, 2.75) is 19.9 Å². The average molecular weight is 443 g/mol. The minimum absolute atomic E-state index is 0.0690. The predicted molar refractivity (Wildman–Crippen MR) is 113 cm³/mol.